The van der Waals surface area contributed by atoms with Crippen LogP contribution in [-0.2, 0) is 11.1 Å². The third kappa shape index (κ3) is 9.79. The summed E-state index contributed by atoms with van der Waals surface area (Å²) in [7, 11) is 2.13. The Balaban J connectivity index is 0.743. The highest BCUT2D eigenvalue weighted by molar-refractivity contribution is 6.30. The second-order valence-electron chi connectivity index (χ2n) is 19.6. The lowest BCUT2D eigenvalue weighted by molar-refractivity contribution is -0.694. The fourth-order valence-electron chi connectivity index (χ4n) is 10.6. The van der Waals surface area contributed by atoms with Crippen molar-refractivity contribution in [2.75, 3.05) is 62.1 Å². The number of ether oxygens (including phenoxy) is 2. The number of anilines is 2. The SMILES string of the molecule is CN1CCC(Nc2cccc(C(=O)N[C@@H]3CCOc4ncccc43)c2)(c2nc(-c3cc[n+](N4CCC(Nc5cccc(C(=O)N[C@@H]6COc7ccc(Cl)cc76)c5)(c5nc(-c6ccncc6)n[nH]5)CC4)cc3)n[nH]2)CC1. The maximum atomic E-state index is 13.7. The summed E-state index contributed by atoms with van der Waals surface area (Å²) >= 11 is 6.30. The van der Waals surface area contributed by atoms with Gasteiger partial charge >= 0.3 is 0 Å². The van der Waals surface area contributed by atoms with Gasteiger partial charge in [-0.25, -0.2) is 15.0 Å². The standard InChI is InChI=1S/C55H54ClN15O4/c1-69-26-17-54(18-27-69,63-40-7-2-5-37(31-40)49(72)59-44-16-30-74-51-42(44)9-4-21-58-51)52-62-48(66-67-52)36-14-24-70(25-15-36)71-28-19-55(20-29-71,53-61-47(65-68-53)35-12-22-57-23-13-35)64-41-8-3-6-38(32-41)50(73)60-45-34-75-46-11-10-39(56)33-43(45)46/h2-15,21-25,31-33,44-45,63-64H,16-20,26-30,34H2,1H3,(H3,57,59,60,61,65,68,72,73)/p+1/t44-,45-/m1/s1. The Morgan fingerprint density at radius 1 is 0.680 bits per heavy atom. The van der Waals surface area contributed by atoms with Gasteiger partial charge in [0.05, 0.1) is 37.3 Å². The van der Waals surface area contributed by atoms with Crippen molar-refractivity contribution in [1.29, 1.82) is 0 Å². The first-order valence-electron chi connectivity index (χ1n) is 25.3. The van der Waals surface area contributed by atoms with Gasteiger partial charge in [-0.1, -0.05) is 34.5 Å². The number of pyridine rings is 3. The lowest BCUT2D eigenvalue weighted by atomic mass is 9.86. The second kappa shape index (κ2) is 20.1. The van der Waals surface area contributed by atoms with Crippen LogP contribution in [0.3, 0.4) is 0 Å². The molecule has 20 heteroatoms. The van der Waals surface area contributed by atoms with Crippen molar-refractivity contribution in [3.05, 3.63) is 173 Å². The monoisotopic (exact) mass is 1020 g/mol. The molecule has 5 aromatic heterocycles. The minimum absolute atomic E-state index is 0.162. The molecule has 0 aliphatic carbocycles. The van der Waals surface area contributed by atoms with Crippen molar-refractivity contribution in [2.45, 2.75) is 55.3 Å². The predicted octanol–water partition coefficient (Wildman–Crippen LogP) is 6.88. The zero-order valence-corrected chi connectivity index (χ0v) is 41.9. The quantitative estimate of drug-likeness (QED) is 0.0649. The Labute approximate surface area is 437 Å². The summed E-state index contributed by atoms with van der Waals surface area (Å²) in [5.41, 5.74) is 4.92. The molecule has 4 aliphatic heterocycles. The maximum absolute atomic E-state index is 13.7. The number of fused-ring (bicyclic) bond motifs is 2. The number of piperidine rings is 2. The number of carbonyl (C=O) groups excluding carboxylic acids is 2. The Morgan fingerprint density at radius 2 is 1.29 bits per heavy atom. The molecule has 0 saturated carbocycles. The van der Waals surface area contributed by atoms with E-state index in [0.717, 1.165) is 71.1 Å². The summed E-state index contributed by atoms with van der Waals surface area (Å²) in [6.45, 7) is 3.87. The van der Waals surface area contributed by atoms with Crippen molar-refractivity contribution >= 4 is 34.8 Å². The summed E-state index contributed by atoms with van der Waals surface area (Å²) in [6, 6.07) is 31.8. The number of rotatable bonds is 13. The van der Waals surface area contributed by atoms with E-state index in [1.165, 1.54) is 0 Å². The highest BCUT2D eigenvalue weighted by atomic mass is 35.5. The van der Waals surface area contributed by atoms with E-state index < -0.39 is 11.1 Å². The highest BCUT2D eigenvalue weighted by Gasteiger charge is 2.42. The molecule has 9 heterocycles. The fourth-order valence-corrected chi connectivity index (χ4v) is 10.8. The number of carbonyl (C=O) groups is 2. The number of nitrogens with one attached hydrogen (secondary N) is 6. The zero-order chi connectivity index (χ0) is 50.9. The van der Waals surface area contributed by atoms with E-state index in [9.17, 15) is 9.59 Å². The van der Waals surface area contributed by atoms with Crippen LogP contribution >= 0.6 is 11.6 Å². The number of halogens is 1. The van der Waals surface area contributed by atoms with Gasteiger partial charge in [0, 0.05) is 113 Å². The number of aromatic nitrogens is 9. The molecular weight excluding hydrogens is 970 g/mol. The lowest BCUT2D eigenvalue weighted by Gasteiger charge is -2.40. The summed E-state index contributed by atoms with van der Waals surface area (Å²) in [6.07, 6.45) is 12.8. The van der Waals surface area contributed by atoms with Crippen LogP contribution < -0.4 is 40.4 Å². The molecule has 4 aliphatic rings. The van der Waals surface area contributed by atoms with E-state index in [0.29, 0.717) is 85.1 Å². The van der Waals surface area contributed by atoms with Crippen LogP contribution in [-0.4, -0.2) is 103 Å². The maximum Gasteiger partial charge on any atom is 0.251 e. The predicted molar refractivity (Wildman–Crippen MR) is 281 cm³/mol. The van der Waals surface area contributed by atoms with Crippen LogP contribution in [0, 0.1) is 0 Å². The number of likely N-dealkylation sites (tertiary alicyclic amines) is 1. The number of H-pyrrole nitrogens is 2. The van der Waals surface area contributed by atoms with Crippen LogP contribution in [0.5, 0.6) is 11.6 Å². The van der Waals surface area contributed by atoms with Gasteiger partial charge < -0.3 is 35.6 Å². The molecule has 2 fully saturated rings. The van der Waals surface area contributed by atoms with E-state index in [1.54, 1.807) is 30.7 Å². The summed E-state index contributed by atoms with van der Waals surface area (Å²) in [5.74, 6) is 3.51. The van der Waals surface area contributed by atoms with Crippen LogP contribution in [0.4, 0.5) is 11.4 Å². The highest BCUT2D eigenvalue weighted by Crippen LogP contribution is 2.39. The third-order valence-electron chi connectivity index (χ3n) is 14.8. The Morgan fingerprint density at radius 3 is 1.95 bits per heavy atom. The van der Waals surface area contributed by atoms with E-state index in [4.69, 9.17) is 36.1 Å². The van der Waals surface area contributed by atoms with Crippen molar-refractivity contribution in [3.8, 4) is 34.4 Å². The van der Waals surface area contributed by atoms with Crippen LogP contribution in [0.1, 0.15) is 87.7 Å². The molecule has 8 aromatic rings. The van der Waals surface area contributed by atoms with Gasteiger partial charge in [-0.15, -0.1) is 0 Å². The van der Waals surface area contributed by atoms with Crippen molar-refractivity contribution in [3.63, 3.8) is 0 Å². The summed E-state index contributed by atoms with van der Waals surface area (Å²) in [4.78, 5) is 48.4. The summed E-state index contributed by atoms with van der Waals surface area (Å²) in [5, 5.41) is 32.8. The first kappa shape index (κ1) is 47.6. The molecule has 0 radical (unpaired) electrons. The van der Waals surface area contributed by atoms with Crippen LogP contribution in [0.15, 0.2) is 134 Å². The minimum Gasteiger partial charge on any atom is -0.491 e. The van der Waals surface area contributed by atoms with E-state index in [2.05, 4.69) is 68.2 Å². The molecule has 0 bridgehead atoms. The molecule has 19 nitrogen and oxygen atoms in total. The number of aromatic amines is 2. The smallest absolute Gasteiger partial charge is 0.251 e. The number of hydrogen-bond donors (Lipinski definition) is 6. The van der Waals surface area contributed by atoms with Crippen LogP contribution in [0.2, 0.25) is 5.02 Å². The molecule has 2 amide bonds. The van der Waals surface area contributed by atoms with Gasteiger partial charge in [0.2, 0.25) is 5.88 Å². The first-order valence-corrected chi connectivity index (χ1v) is 25.6. The van der Waals surface area contributed by atoms with Gasteiger partial charge in [-0.2, -0.15) is 15.2 Å². The van der Waals surface area contributed by atoms with Gasteiger partial charge in [0.1, 0.15) is 17.9 Å². The van der Waals surface area contributed by atoms with E-state index in [-0.39, 0.29) is 23.9 Å². The largest absolute Gasteiger partial charge is 0.491 e. The molecule has 0 unspecified atom stereocenters. The topological polar surface area (TPSA) is 220 Å². The molecular formula is C55H55ClN15O4+. The molecule has 6 N–H and O–H groups in total. The molecule has 75 heavy (non-hydrogen) atoms. The molecule has 3 aromatic carbocycles. The molecule has 12 rings (SSSR count). The van der Waals surface area contributed by atoms with Crippen molar-refractivity contribution in [1.82, 2.24) is 55.9 Å². The van der Waals surface area contributed by atoms with E-state index in [1.807, 2.05) is 103 Å². The summed E-state index contributed by atoms with van der Waals surface area (Å²) < 4.78 is 13.7. The average molecular weight is 1030 g/mol. The Hall–Kier alpha value is -8.42. The van der Waals surface area contributed by atoms with Gasteiger partial charge in [-0.3, -0.25) is 24.8 Å². The number of amides is 2. The number of benzene rings is 3. The van der Waals surface area contributed by atoms with Crippen molar-refractivity contribution < 1.29 is 23.7 Å². The fraction of sp³-hybridized carbons (Fsp3) is 0.291. The number of hydrogen-bond acceptors (Lipinski definition) is 14. The first-order chi connectivity index (χ1) is 36.7. The zero-order valence-electron chi connectivity index (χ0n) is 41.2. The van der Waals surface area contributed by atoms with Gasteiger partial charge in [0.25, 0.3) is 11.8 Å². The lowest BCUT2D eigenvalue weighted by Crippen LogP contribution is -2.63. The normalized spacial score (nSPS) is 18.7. The Kier molecular flexibility index (Phi) is 12.8. The molecule has 2 atom stereocenters. The van der Waals surface area contributed by atoms with Crippen LogP contribution in [0.25, 0.3) is 22.8 Å². The minimum atomic E-state index is -0.657. The molecule has 2 saturated heterocycles. The molecule has 0 spiro atoms. The van der Waals surface area contributed by atoms with Gasteiger partial charge in [0.15, 0.2) is 35.7 Å². The van der Waals surface area contributed by atoms with Crippen molar-refractivity contribution in [2.24, 2.45) is 0 Å². The number of nitrogens with zero attached hydrogens (tertiary/aromatic N) is 9. The Bertz CT molecular complexity index is 3350. The average Bonchev–Trinajstić information content (AvgIpc) is 4.26. The van der Waals surface area contributed by atoms with E-state index >= 15 is 0 Å². The third-order valence-corrected chi connectivity index (χ3v) is 15.1. The molecule has 380 valence electrons. The van der Waals surface area contributed by atoms with Gasteiger partial charge in [-0.05, 0) is 92.7 Å². The second-order valence-corrected chi connectivity index (χ2v) is 20.1.